The molecule has 31 heavy (non-hydrogen) atoms. The van der Waals surface area contributed by atoms with Crippen LogP contribution in [0.15, 0.2) is 0 Å². The van der Waals surface area contributed by atoms with Crippen molar-refractivity contribution in [2.24, 2.45) is 45.8 Å². The molecule has 1 N–H and O–H groups in total. The predicted molar refractivity (Wildman–Crippen MR) is 121 cm³/mol. The molecule has 1 unspecified atom stereocenters. The first-order valence-electron chi connectivity index (χ1n) is 13.0. The molecule has 0 spiro atoms. The Morgan fingerprint density at radius 3 is 2.42 bits per heavy atom. The van der Waals surface area contributed by atoms with Crippen molar-refractivity contribution < 1.29 is 19.4 Å². The molecule has 4 nitrogen and oxygen atoms in total. The second kappa shape index (κ2) is 8.06. The Morgan fingerprint density at radius 1 is 1.03 bits per heavy atom. The number of carbonyl (C=O) groups excluding carboxylic acids is 1. The molecule has 0 saturated heterocycles. The molecule has 4 rings (SSSR count). The van der Waals surface area contributed by atoms with Crippen molar-refractivity contribution in [1.82, 2.24) is 0 Å². The Hall–Kier alpha value is -1.06. The number of hydrogen-bond donors (Lipinski definition) is 1. The Bertz CT molecular complexity index is 718. The lowest BCUT2D eigenvalue weighted by Crippen LogP contribution is -2.62. The van der Waals surface area contributed by atoms with Crippen LogP contribution in [0.4, 0.5) is 0 Å². The van der Waals surface area contributed by atoms with Gasteiger partial charge in [0.1, 0.15) is 6.10 Å². The fraction of sp³-hybridized carbons (Fsp3) is 0.926. The molecule has 0 heterocycles. The molecule has 176 valence electrons. The lowest BCUT2D eigenvalue weighted by Gasteiger charge is -2.64. The van der Waals surface area contributed by atoms with Crippen LogP contribution in [0.2, 0.25) is 0 Å². The van der Waals surface area contributed by atoms with Gasteiger partial charge in [-0.05, 0) is 91.8 Å². The van der Waals surface area contributed by atoms with Crippen LogP contribution in [0.25, 0.3) is 0 Å². The SMILES string of the molecule is CCC[C@@H](C)[C@H]1CC[C@H]2[C@@H]3CCC4(C(=O)O)C[C@H](OC(C)=O)CC[C@]4(C)[C@H]3CC[C@]12C. The molecule has 0 radical (unpaired) electrons. The fourth-order valence-electron chi connectivity index (χ4n) is 9.65. The average Bonchev–Trinajstić information content (AvgIpc) is 3.05. The molecule has 4 saturated carbocycles. The normalized spacial score (nSPS) is 47.6. The summed E-state index contributed by atoms with van der Waals surface area (Å²) in [6, 6.07) is 0. The third kappa shape index (κ3) is 3.37. The number of hydrogen-bond acceptors (Lipinski definition) is 3. The van der Waals surface area contributed by atoms with Crippen LogP contribution in [0.1, 0.15) is 105 Å². The van der Waals surface area contributed by atoms with Crippen molar-refractivity contribution in [3.8, 4) is 0 Å². The molecule has 4 heteroatoms. The van der Waals surface area contributed by atoms with Crippen LogP contribution in [-0.2, 0) is 14.3 Å². The van der Waals surface area contributed by atoms with Crippen LogP contribution in [0, 0.1) is 45.8 Å². The lowest BCUT2D eigenvalue weighted by atomic mass is 9.39. The molecule has 4 aliphatic rings. The largest absolute Gasteiger partial charge is 0.481 e. The van der Waals surface area contributed by atoms with Crippen molar-refractivity contribution in [2.75, 3.05) is 0 Å². The van der Waals surface area contributed by atoms with E-state index in [0.717, 1.165) is 43.4 Å². The van der Waals surface area contributed by atoms with Crippen molar-refractivity contribution in [3.63, 3.8) is 0 Å². The summed E-state index contributed by atoms with van der Waals surface area (Å²) in [6.45, 7) is 11.1. The van der Waals surface area contributed by atoms with Gasteiger partial charge in [0.05, 0.1) is 5.41 Å². The Balaban J connectivity index is 1.61. The van der Waals surface area contributed by atoms with Crippen molar-refractivity contribution >= 4 is 11.9 Å². The summed E-state index contributed by atoms with van der Waals surface area (Å²) >= 11 is 0. The Morgan fingerprint density at radius 2 is 1.77 bits per heavy atom. The summed E-state index contributed by atoms with van der Waals surface area (Å²) in [5.41, 5.74) is -0.495. The number of carboxylic acid groups (broad SMARTS) is 1. The summed E-state index contributed by atoms with van der Waals surface area (Å²) in [5, 5.41) is 10.5. The molecule has 0 aliphatic heterocycles. The number of fused-ring (bicyclic) bond motifs is 5. The summed E-state index contributed by atoms with van der Waals surface area (Å²) in [6.07, 6.45) is 11.5. The van der Waals surface area contributed by atoms with E-state index in [9.17, 15) is 14.7 Å². The maximum Gasteiger partial charge on any atom is 0.310 e. The molecule has 9 atom stereocenters. The first-order valence-corrected chi connectivity index (χ1v) is 13.0. The van der Waals surface area contributed by atoms with Crippen LogP contribution < -0.4 is 0 Å². The maximum absolute atomic E-state index is 12.8. The van der Waals surface area contributed by atoms with Gasteiger partial charge in [-0.2, -0.15) is 0 Å². The highest BCUT2D eigenvalue weighted by atomic mass is 16.5. The quantitative estimate of drug-likeness (QED) is 0.506. The maximum atomic E-state index is 12.8. The van der Waals surface area contributed by atoms with Gasteiger partial charge in [-0.15, -0.1) is 0 Å². The monoisotopic (exact) mass is 432 g/mol. The summed E-state index contributed by atoms with van der Waals surface area (Å²) in [4.78, 5) is 24.4. The molecule has 0 aromatic heterocycles. The van der Waals surface area contributed by atoms with E-state index in [0.29, 0.717) is 23.7 Å². The van der Waals surface area contributed by atoms with Gasteiger partial charge in [0.2, 0.25) is 0 Å². The smallest absolute Gasteiger partial charge is 0.310 e. The zero-order chi connectivity index (χ0) is 22.6. The van der Waals surface area contributed by atoms with Gasteiger partial charge in [0.15, 0.2) is 0 Å². The topological polar surface area (TPSA) is 63.6 Å². The number of ether oxygens (including phenoxy) is 1. The van der Waals surface area contributed by atoms with E-state index < -0.39 is 11.4 Å². The number of carbonyl (C=O) groups is 2. The van der Waals surface area contributed by atoms with Gasteiger partial charge >= 0.3 is 11.9 Å². The molecule has 0 aromatic rings. The fourth-order valence-corrected chi connectivity index (χ4v) is 9.65. The van der Waals surface area contributed by atoms with E-state index in [1.165, 1.54) is 45.4 Å². The van der Waals surface area contributed by atoms with Gasteiger partial charge in [-0.25, -0.2) is 0 Å². The number of carboxylic acids is 1. The van der Waals surface area contributed by atoms with Crippen LogP contribution >= 0.6 is 0 Å². The van der Waals surface area contributed by atoms with E-state index in [1.54, 1.807) is 0 Å². The van der Waals surface area contributed by atoms with Gasteiger partial charge in [-0.1, -0.05) is 40.5 Å². The third-order valence-electron chi connectivity index (χ3n) is 11.1. The molecule has 0 aromatic carbocycles. The van der Waals surface area contributed by atoms with Crippen molar-refractivity contribution in [1.29, 1.82) is 0 Å². The zero-order valence-electron chi connectivity index (χ0n) is 20.4. The second-order valence-corrected chi connectivity index (χ2v) is 12.2. The van der Waals surface area contributed by atoms with Gasteiger partial charge < -0.3 is 9.84 Å². The molecule has 4 fully saturated rings. The van der Waals surface area contributed by atoms with Gasteiger partial charge in [0.25, 0.3) is 0 Å². The van der Waals surface area contributed by atoms with Crippen LogP contribution in [0.3, 0.4) is 0 Å². The molecular weight excluding hydrogens is 388 g/mol. The highest BCUT2D eigenvalue weighted by Gasteiger charge is 2.67. The lowest BCUT2D eigenvalue weighted by molar-refractivity contribution is -0.206. The zero-order valence-corrected chi connectivity index (χ0v) is 20.4. The minimum atomic E-state index is -0.742. The predicted octanol–water partition coefficient (Wildman–Crippen LogP) is 6.47. The van der Waals surface area contributed by atoms with E-state index in [4.69, 9.17) is 4.74 Å². The summed E-state index contributed by atoms with van der Waals surface area (Å²) in [7, 11) is 0. The van der Waals surface area contributed by atoms with E-state index >= 15 is 0 Å². The third-order valence-corrected chi connectivity index (χ3v) is 11.1. The number of esters is 1. The standard InChI is InChI=1S/C27H44O4/c1-6-7-17(2)21-8-9-22-20-11-15-27(24(29)30)16-19(31-18(3)28)10-14-26(27,5)23(20)12-13-25(21,22)4/h17,19-23H,6-16H2,1-5H3,(H,29,30)/t17-,19-,20+,21-,22+,23+,25-,26-,27?/m1/s1. The average molecular weight is 433 g/mol. The summed E-state index contributed by atoms with van der Waals surface area (Å²) < 4.78 is 5.54. The molecule has 0 bridgehead atoms. The summed E-state index contributed by atoms with van der Waals surface area (Å²) in [5.74, 6) is 2.61. The minimum absolute atomic E-state index is 0.188. The van der Waals surface area contributed by atoms with Crippen molar-refractivity contribution in [3.05, 3.63) is 0 Å². The van der Waals surface area contributed by atoms with E-state index in [2.05, 4.69) is 27.7 Å². The van der Waals surface area contributed by atoms with E-state index in [1.807, 2.05) is 0 Å². The number of rotatable bonds is 5. The molecule has 0 amide bonds. The van der Waals surface area contributed by atoms with Crippen LogP contribution in [0.5, 0.6) is 0 Å². The highest BCUT2D eigenvalue weighted by molar-refractivity contribution is 5.76. The molecule has 4 aliphatic carbocycles. The number of aliphatic carboxylic acids is 1. The second-order valence-electron chi connectivity index (χ2n) is 12.2. The highest BCUT2D eigenvalue weighted by Crippen LogP contribution is 2.71. The first-order chi connectivity index (χ1) is 14.6. The Kier molecular flexibility index (Phi) is 6.01. The Labute approximate surface area is 188 Å². The first kappa shape index (κ1) is 23.1. The van der Waals surface area contributed by atoms with Crippen LogP contribution in [-0.4, -0.2) is 23.1 Å². The minimum Gasteiger partial charge on any atom is -0.481 e. The molecular formula is C27H44O4. The van der Waals surface area contributed by atoms with Gasteiger partial charge in [0, 0.05) is 13.3 Å². The van der Waals surface area contributed by atoms with E-state index in [-0.39, 0.29) is 17.5 Å². The van der Waals surface area contributed by atoms with Gasteiger partial charge in [-0.3, -0.25) is 9.59 Å². The van der Waals surface area contributed by atoms with Crippen molar-refractivity contribution in [2.45, 2.75) is 111 Å².